The van der Waals surface area contributed by atoms with Crippen molar-refractivity contribution in [3.63, 3.8) is 0 Å². The molecule has 0 amide bonds. The van der Waals surface area contributed by atoms with Crippen molar-refractivity contribution in [2.24, 2.45) is 7.05 Å². The number of aromatic nitrogens is 3. The van der Waals surface area contributed by atoms with Crippen LogP contribution in [0.15, 0.2) is 4.79 Å². The molecule has 0 aliphatic rings. The van der Waals surface area contributed by atoms with E-state index in [-0.39, 0.29) is 5.69 Å². The maximum Gasteiger partial charge on any atom is 0.343 e. The van der Waals surface area contributed by atoms with Gasteiger partial charge in [-0.2, -0.15) is 5.10 Å². The van der Waals surface area contributed by atoms with Crippen LogP contribution in [0.3, 0.4) is 0 Å². The average Bonchev–Trinajstić information content (AvgIpc) is 2.20. The zero-order valence-corrected chi connectivity index (χ0v) is 6.01. The molecule has 5 heteroatoms. The number of hydrogen-bond donors (Lipinski definition) is 2. The van der Waals surface area contributed by atoms with Crippen LogP contribution in [-0.4, -0.2) is 21.8 Å². The van der Waals surface area contributed by atoms with Gasteiger partial charge in [-0.3, -0.25) is 4.57 Å². The summed E-state index contributed by atoms with van der Waals surface area (Å²) in [5, 5.41) is 9.00. The monoisotopic (exact) mass is 142 g/mol. The lowest BCUT2D eigenvalue weighted by Crippen LogP contribution is -2.17. The SMILES string of the molecule is CNCc1n[nH]c(=O)n1C. The highest BCUT2D eigenvalue weighted by molar-refractivity contribution is 4.82. The van der Waals surface area contributed by atoms with E-state index < -0.39 is 0 Å². The summed E-state index contributed by atoms with van der Waals surface area (Å²) < 4.78 is 1.47. The predicted octanol–water partition coefficient (Wildman–Crippen LogP) is -1.17. The van der Waals surface area contributed by atoms with E-state index in [1.54, 1.807) is 14.1 Å². The van der Waals surface area contributed by atoms with Gasteiger partial charge in [0.15, 0.2) is 0 Å². The Morgan fingerprint density at radius 3 is 2.90 bits per heavy atom. The lowest BCUT2D eigenvalue weighted by Gasteiger charge is -1.94. The molecular formula is C5H10N4O. The van der Waals surface area contributed by atoms with Gasteiger partial charge in [-0.1, -0.05) is 0 Å². The maximum absolute atomic E-state index is 10.7. The van der Waals surface area contributed by atoms with E-state index in [4.69, 9.17) is 0 Å². The highest BCUT2D eigenvalue weighted by Crippen LogP contribution is 1.83. The lowest BCUT2D eigenvalue weighted by molar-refractivity contribution is 0.700. The van der Waals surface area contributed by atoms with Crippen LogP contribution in [0.25, 0.3) is 0 Å². The van der Waals surface area contributed by atoms with E-state index in [0.717, 1.165) is 0 Å². The molecule has 1 aromatic rings. The second kappa shape index (κ2) is 2.66. The molecule has 10 heavy (non-hydrogen) atoms. The van der Waals surface area contributed by atoms with Crippen LogP contribution in [0, 0.1) is 0 Å². The first-order valence-electron chi connectivity index (χ1n) is 3.00. The number of H-pyrrole nitrogens is 1. The topological polar surface area (TPSA) is 62.7 Å². The Morgan fingerprint density at radius 2 is 2.50 bits per heavy atom. The molecule has 1 rings (SSSR count). The van der Waals surface area contributed by atoms with Crippen molar-refractivity contribution in [3.05, 3.63) is 16.3 Å². The van der Waals surface area contributed by atoms with E-state index in [2.05, 4.69) is 15.5 Å². The van der Waals surface area contributed by atoms with Gasteiger partial charge in [0.25, 0.3) is 0 Å². The molecular weight excluding hydrogens is 132 g/mol. The fraction of sp³-hybridized carbons (Fsp3) is 0.600. The van der Waals surface area contributed by atoms with Gasteiger partial charge in [0, 0.05) is 7.05 Å². The lowest BCUT2D eigenvalue weighted by atomic mass is 10.6. The van der Waals surface area contributed by atoms with Crippen LogP contribution in [0.4, 0.5) is 0 Å². The minimum absolute atomic E-state index is 0.176. The third-order valence-electron chi connectivity index (χ3n) is 1.31. The van der Waals surface area contributed by atoms with Gasteiger partial charge in [0.05, 0.1) is 6.54 Å². The number of rotatable bonds is 2. The van der Waals surface area contributed by atoms with Crippen molar-refractivity contribution in [2.75, 3.05) is 7.05 Å². The van der Waals surface area contributed by atoms with Crippen LogP contribution in [-0.2, 0) is 13.6 Å². The standard InChI is InChI=1S/C5H10N4O/c1-6-3-4-7-8-5(10)9(4)2/h6H,3H2,1-2H3,(H,8,10). The Bertz CT molecular complexity index is 261. The first-order chi connectivity index (χ1) is 4.75. The molecule has 0 saturated carbocycles. The fourth-order valence-electron chi connectivity index (χ4n) is 0.696. The van der Waals surface area contributed by atoms with E-state index in [9.17, 15) is 4.79 Å². The summed E-state index contributed by atoms with van der Waals surface area (Å²) in [5.74, 6) is 0.715. The average molecular weight is 142 g/mol. The molecule has 0 radical (unpaired) electrons. The van der Waals surface area contributed by atoms with Gasteiger partial charge >= 0.3 is 5.69 Å². The Balaban J connectivity index is 2.94. The minimum Gasteiger partial charge on any atom is -0.313 e. The molecule has 0 bridgehead atoms. The predicted molar refractivity (Wildman–Crippen MR) is 36.6 cm³/mol. The van der Waals surface area contributed by atoms with Gasteiger partial charge < -0.3 is 5.32 Å². The van der Waals surface area contributed by atoms with E-state index in [1.807, 2.05) is 0 Å². The summed E-state index contributed by atoms with van der Waals surface area (Å²) in [6, 6.07) is 0. The quantitative estimate of drug-likeness (QED) is 0.546. The minimum atomic E-state index is -0.176. The molecule has 5 nitrogen and oxygen atoms in total. The van der Waals surface area contributed by atoms with Crippen LogP contribution >= 0.6 is 0 Å². The van der Waals surface area contributed by atoms with Crippen molar-refractivity contribution in [1.82, 2.24) is 20.1 Å². The van der Waals surface area contributed by atoms with Crippen LogP contribution < -0.4 is 11.0 Å². The number of hydrogen-bond acceptors (Lipinski definition) is 3. The zero-order chi connectivity index (χ0) is 7.56. The van der Waals surface area contributed by atoms with Crippen LogP contribution in [0.1, 0.15) is 5.82 Å². The first kappa shape index (κ1) is 7.01. The van der Waals surface area contributed by atoms with Crippen molar-refractivity contribution in [1.29, 1.82) is 0 Å². The van der Waals surface area contributed by atoms with Crippen LogP contribution in [0.5, 0.6) is 0 Å². The Hall–Kier alpha value is -1.10. The number of nitrogens with zero attached hydrogens (tertiary/aromatic N) is 2. The fourth-order valence-corrected chi connectivity index (χ4v) is 0.696. The van der Waals surface area contributed by atoms with E-state index in [1.165, 1.54) is 4.57 Å². The molecule has 0 saturated heterocycles. The second-order valence-corrected chi connectivity index (χ2v) is 2.03. The molecule has 0 atom stereocenters. The highest BCUT2D eigenvalue weighted by atomic mass is 16.1. The summed E-state index contributed by atoms with van der Waals surface area (Å²) in [7, 11) is 3.48. The molecule has 56 valence electrons. The molecule has 0 aliphatic heterocycles. The van der Waals surface area contributed by atoms with Crippen molar-refractivity contribution >= 4 is 0 Å². The number of nitrogens with one attached hydrogen (secondary N) is 2. The number of aromatic amines is 1. The summed E-state index contributed by atoms with van der Waals surface area (Å²) in [4.78, 5) is 10.7. The molecule has 0 fully saturated rings. The van der Waals surface area contributed by atoms with Gasteiger partial charge in [0.1, 0.15) is 5.82 Å². The molecule has 0 aromatic carbocycles. The van der Waals surface area contributed by atoms with E-state index >= 15 is 0 Å². The van der Waals surface area contributed by atoms with Gasteiger partial charge in [-0.15, -0.1) is 0 Å². The van der Waals surface area contributed by atoms with Gasteiger partial charge in [0.2, 0.25) is 0 Å². The summed E-state index contributed by atoms with van der Waals surface area (Å²) in [6.45, 7) is 0.606. The maximum atomic E-state index is 10.7. The molecule has 0 spiro atoms. The zero-order valence-electron chi connectivity index (χ0n) is 6.01. The third kappa shape index (κ3) is 1.08. The molecule has 0 unspecified atom stereocenters. The largest absolute Gasteiger partial charge is 0.343 e. The molecule has 1 aromatic heterocycles. The summed E-state index contributed by atoms with van der Waals surface area (Å²) in [5.41, 5.74) is -0.176. The van der Waals surface area contributed by atoms with Crippen molar-refractivity contribution in [3.8, 4) is 0 Å². The first-order valence-corrected chi connectivity index (χ1v) is 3.00. The van der Waals surface area contributed by atoms with Crippen molar-refractivity contribution in [2.45, 2.75) is 6.54 Å². The molecule has 0 aliphatic carbocycles. The van der Waals surface area contributed by atoms with Gasteiger partial charge in [-0.25, -0.2) is 9.89 Å². The highest BCUT2D eigenvalue weighted by Gasteiger charge is 1.99. The molecule has 1 heterocycles. The van der Waals surface area contributed by atoms with Crippen LogP contribution in [0.2, 0.25) is 0 Å². The Kier molecular flexibility index (Phi) is 1.86. The summed E-state index contributed by atoms with van der Waals surface area (Å²) >= 11 is 0. The van der Waals surface area contributed by atoms with E-state index in [0.29, 0.717) is 12.4 Å². The molecule has 2 N–H and O–H groups in total. The smallest absolute Gasteiger partial charge is 0.313 e. The van der Waals surface area contributed by atoms with Gasteiger partial charge in [-0.05, 0) is 7.05 Å². The third-order valence-corrected chi connectivity index (χ3v) is 1.31. The Labute approximate surface area is 58.1 Å². The van der Waals surface area contributed by atoms with Crippen molar-refractivity contribution < 1.29 is 0 Å². The normalized spacial score (nSPS) is 10.2. The summed E-state index contributed by atoms with van der Waals surface area (Å²) in [6.07, 6.45) is 0. The second-order valence-electron chi connectivity index (χ2n) is 2.03. The Morgan fingerprint density at radius 1 is 1.80 bits per heavy atom.